The number of hydrogen-bond acceptors (Lipinski definition) is 4. The van der Waals surface area contributed by atoms with Gasteiger partial charge in [0.1, 0.15) is 5.75 Å². The van der Waals surface area contributed by atoms with Crippen LogP contribution in [0.4, 0.5) is 17.1 Å². The fourth-order valence-electron chi connectivity index (χ4n) is 2.11. The molecule has 0 bridgehead atoms. The van der Waals surface area contributed by atoms with Gasteiger partial charge in [0.15, 0.2) is 0 Å². The lowest BCUT2D eigenvalue weighted by Gasteiger charge is -2.00. The first-order chi connectivity index (χ1) is 12.1. The number of phenols is 1. The largest absolute Gasteiger partial charge is 0.507 e. The van der Waals surface area contributed by atoms with Gasteiger partial charge in [0, 0.05) is 16.8 Å². The van der Waals surface area contributed by atoms with Crippen LogP contribution in [0.25, 0.3) is 0 Å². The number of benzene rings is 3. The summed E-state index contributed by atoms with van der Waals surface area (Å²) in [6, 6.07) is 19.9. The van der Waals surface area contributed by atoms with E-state index in [-0.39, 0.29) is 5.75 Å². The van der Waals surface area contributed by atoms with Crippen LogP contribution in [0.2, 0.25) is 5.02 Å². The Balaban J connectivity index is 1.80. The van der Waals surface area contributed by atoms with E-state index >= 15 is 0 Å². The summed E-state index contributed by atoms with van der Waals surface area (Å²) in [6.45, 7) is 2.02. The minimum atomic E-state index is 0.140. The van der Waals surface area contributed by atoms with Crippen molar-refractivity contribution in [1.82, 2.24) is 0 Å². The summed E-state index contributed by atoms with van der Waals surface area (Å²) in [5.74, 6) is 0.140. The Morgan fingerprint density at radius 1 is 0.800 bits per heavy atom. The molecule has 4 nitrogen and oxygen atoms in total. The first-order valence-corrected chi connectivity index (χ1v) is 8.09. The average molecular weight is 350 g/mol. The van der Waals surface area contributed by atoms with Crippen LogP contribution < -0.4 is 0 Å². The molecule has 0 spiro atoms. The molecule has 0 aromatic heterocycles. The number of hydrogen-bond donors (Lipinski definition) is 1. The molecule has 5 heteroatoms. The van der Waals surface area contributed by atoms with Crippen LogP contribution in [0.1, 0.15) is 11.1 Å². The van der Waals surface area contributed by atoms with Gasteiger partial charge in [-0.1, -0.05) is 29.3 Å². The fraction of sp³-hybridized carbons (Fsp3) is 0.0500. The Kier molecular flexibility index (Phi) is 5.21. The number of nitrogens with zero attached hydrogens (tertiary/aromatic N) is 3. The summed E-state index contributed by atoms with van der Waals surface area (Å²) in [6.07, 6.45) is 1.61. The van der Waals surface area contributed by atoms with E-state index in [2.05, 4.69) is 15.2 Å². The van der Waals surface area contributed by atoms with Gasteiger partial charge in [0.25, 0.3) is 0 Å². The van der Waals surface area contributed by atoms with E-state index in [4.69, 9.17) is 11.6 Å². The van der Waals surface area contributed by atoms with E-state index in [0.717, 1.165) is 5.69 Å². The summed E-state index contributed by atoms with van der Waals surface area (Å²) < 4.78 is 0. The minimum Gasteiger partial charge on any atom is -0.507 e. The van der Waals surface area contributed by atoms with E-state index in [1.807, 2.05) is 31.2 Å². The lowest BCUT2D eigenvalue weighted by molar-refractivity contribution is 0.474. The molecule has 0 fully saturated rings. The summed E-state index contributed by atoms with van der Waals surface area (Å²) in [7, 11) is 0. The highest BCUT2D eigenvalue weighted by Gasteiger charge is 2.01. The van der Waals surface area contributed by atoms with Crippen molar-refractivity contribution in [3.8, 4) is 5.75 Å². The van der Waals surface area contributed by atoms with Crippen LogP contribution in [0, 0.1) is 6.92 Å². The molecule has 3 aromatic rings. The lowest BCUT2D eigenvalue weighted by atomic mass is 10.2. The Morgan fingerprint density at radius 2 is 1.40 bits per heavy atom. The molecule has 3 rings (SSSR count). The third-order valence-corrected chi connectivity index (χ3v) is 3.76. The maximum atomic E-state index is 9.99. The predicted molar refractivity (Wildman–Crippen MR) is 102 cm³/mol. The average Bonchev–Trinajstić information content (AvgIpc) is 2.62. The van der Waals surface area contributed by atoms with Gasteiger partial charge in [-0.25, -0.2) is 0 Å². The summed E-state index contributed by atoms with van der Waals surface area (Å²) in [5.41, 5.74) is 3.89. The van der Waals surface area contributed by atoms with Gasteiger partial charge >= 0.3 is 0 Å². The molecule has 0 radical (unpaired) electrons. The molecule has 0 saturated heterocycles. The van der Waals surface area contributed by atoms with Crippen molar-refractivity contribution in [1.29, 1.82) is 0 Å². The maximum Gasteiger partial charge on any atom is 0.124 e. The molecule has 0 aliphatic rings. The molecular formula is C20H16ClN3O. The van der Waals surface area contributed by atoms with E-state index in [1.165, 1.54) is 5.56 Å². The molecular weight excluding hydrogens is 334 g/mol. The van der Waals surface area contributed by atoms with Gasteiger partial charge in [-0.3, -0.25) is 4.99 Å². The molecule has 0 aliphatic heterocycles. The van der Waals surface area contributed by atoms with Crippen LogP contribution in [0.15, 0.2) is 82.0 Å². The van der Waals surface area contributed by atoms with Gasteiger partial charge in [0.2, 0.25) is 0 Å². The quantitative estimate of drug-likeness (QED) is 0.423. The van der Waals surface area contributed by atoms with E-state index in [1.54, 1.807) is 48.7 Å². The molecule has 3 aromatic carbocycles. The van der Waals surface area contributed by atoms with Gasteiger partial charge in [-0.05, 0) is 61.5 Å². The van der Waals surface area contributed by atoms with Crippen molar-refractivity contribution in [3.63, 3.8) is 0 Å². The third kappa shape index (κ3) is 4.75. The summed E-state index contributed by atoms with van der Waals surface area (Å²) in [5, 5.41) is 19.0. The zero-order chi connectivity index (χ0) is 17.6. The van der Waals surface area contributed by atoms with Crippen molar-refractivity contribution < 1.29 is 5.11 Å². The number of rotatable bonds is 4. The van der Waals surface area contributed by atoms with Crippen molar-refractivity contribution in [2.75, 3.05) is 0 Å². The molecule has 0 atom stereocenters. The number of aliphatic imine (C=N–C) groups is 1. The zero-order valence-electron chi connectivity index (χ0n) is 13.6. The molecule has 124 valence electrons. The van der Waals surface area contributed by atoms with Gasteiger partial charge in [-0.2, -0.15) is 10.2 Å². The van der Waals surface area contributed by atoms with Crippen LogP contribution in [-0.2, 0) is 0 Å². The second-order valence-electron chi connectivity index (χ2n) is 5.51. The minimum absolute atomic E-state index is 0.140. The van der Waals surface area contributed by atoms with Crippen molar-refractivity contribution in [2.45, 2.75) is 6.92 Å². The Labute approximate surface area is 151 Å². The zero-order valence-corrected chi connectivity index (χ0v) is 14.4. The van der Waals surface area contributed by atoms with Crippen molar-refractivity contribution in [2.24, 2.45) is 15.2 Å². The van der Waals surface area contributed by atoms with Crippen molar-refractivity contribution >= 4 is 34.9 Å². The summed E-state index contributed by atoms with van der Waals surface area (Å²) >= 11 is 5.85. The van der Waals surface area contributed by atoms with Gasteiger partial charge in [0.05, 0.1) is 17.1 Å². The van der Waals surface area contributed by atoms with Crippen molar-refractivity contribution in [3.05, 3.63) is 82.9 Å². The number of azo groups is 1. The van der Waals surface area contributed by atoms with Crippen LogP contribution in [0.5, 0.6) is 5.75 Å². The van der Waals surface area contributed by atoms with Crippen LogP contribution in [0.3, 0.4) is 0 Å². The number of aryl methyl sites for hydroxylation is 1. The fourth-order valence-corrected chi connectivity index (χ4v) is 2.23. The smallest absolute Gasteiger partial charge is 0.124 e. The monoisotopic (exact) mass is 349 g/mol. The highest BCUT2D eigenvalue weighted by atomic mass is 35.5. The number of aromatic hydroxyl groups is 1. The van der Waals surface area contributed by atoms with E-state index in [0.29, 0.717) is 22.0 Å². The number of phenolic OH excluding ortho intramolecular Hbond substituents is 1. The molecule has 1 N–H and O–H groups in total. The molecule has 0 saturated carbocycles. The highest BCUT2D eigenvalue weighted by molar-refractivity contribution is 6.30. The van der Waals surface area contributed by atoms with Crippen LogP contribution >= 0.6 is 11.6 Å². The normalized spacial score (nSPS) is 11.4. The molecule has 0 amide bonds. The topological polar surface area (TPSA) is 57.3 Å². The molecule has 0 heterocycles. The first-order valence-electron chi connectivity index (χ1n) is 7.71. The molecule has 0 aliphatic carbocycles. The molecule has 25 heavy (non-hydrogen) atoms. The SMILES string of the molecule is Cc1ccc(N=Cc2cc(N=Nc3ccc(Cl)cc3)ccc2O)cc1. The predicted octanol–water partition coefficient (Wildman–Crippen LogP) is 6.52. The standard InChI is InChI=1S/C20H16ClN3O/c1-14-2-6-17(7-3-14)22-13-15-12-19(10-11-20(15)25)24-23-18-8-4-16(21)5-9-18/h2-13,25H,1H3. The van der Waals surface area contributed by atoms with Gasteiger partial charge < -0.3 is 5.11 Å². The Bertz CT molecular complexity index is 917. The van der Waals surface area contributed by atoms with Crippen LogP contribution in [-0.4, -0.2) is 11.3 Å². The second kappa shape index (κ2) is 7.73. The Hall–Kier alpha value is -2.98. The maximum absolute atomic E-state index is 9.99. The van der Waals surface area contributed by atoms with Gasteiger partial charge in [-0.15, -0.1) is 0 Å². The Morgan fingerprint density at radius 3 is 2.12 bits per heavy atom. The van der Waals surface area contributed by atoms with E-state index in [9.17, 15) is 5.11 Å². The lowest BCUT2D eigenvalue weighted by Crippen LogP contribution is -1.82. The third-order valence-electron chi connectivity index (χ3n) is 3.51. The van der Waals surface area contributed by atoms with E-state index < -0.39 is 0 Å². The molecule has 0 unspecified atom stereocenters. The second-order valence-corrected chi connectivity index (χ2v) is 5.95. The first kappa shape index (κ1) is 16.9. The summed E-state index contributed by atoms with van der Waals surface area (Å²) in [4.78, 5) is 4.38. The number of halogens is 1. The highest BCUT2D eigenvalue weighted by Crippen LogP contribution is 2.25.